The van der Waals surface area contributed by atoms with Crippen molar-refractivity contribution in [3.8, 4) is 0 Å². The molecule has 0 aromatic carbocycles. The van der Waals surface area contributed by atoms with Crippen LogP contribution in [0, 0.1) is 23.7 Å². The van der Waals surface area contributed by atoms with E-state index in [1.807, 2.05) is 0 Å². The van der Waals surface area contributed by atoms with Crippen molar-refractivity contribution < 1.29 is 4.74 Å². The molecule has 2 nitrogen and oxygen atoms in total. The van der Waals surface area contributed by atoms with Gasteiger partial charge in [0.05, 0.1) is 0 Å². The van der Waals surface area contributed by atoms with E-state index in [1.165, 1.54) is 32.1 Å². The van der Waals surface area contributed by atoms with E-state index in [0.29, 0.717) is 6.04 Å². The Hall–Kier alpha value is -0.0800. The lowest BCUT2D eigenvalue weighted by atomic mass is 9.94. The second-order valence-corrected chi connectivity index (χ2v) is 5.47. The number of hydrogen-bond donors (Lipinski definition) is 1. The van der Waals surface area contributed by atoms with Crippen LogP contribution in [-0.4, -0.2) is 19.3 Å². The lowest BCUT2D eigenvalue weighted by Gasteiger charge is -2.16. The smallest absolute Gasteiger partial charge is 0.0495 e. The van der Waals surface area contributed by atoms with Crippen LogP contribution in [0.2, 0.25) is 0 Å². The second-order valence-electron chi connectivity index (χ2n) is 5.47. The molecule has 1 heterocycles. The lowest BCUT2D eigenvalue weighted by Crippen LogP contribution is -2.28. The van der Waals surface area contributed by atoms with Gasteiger partial charge in [-0.1, -0.05) is 6.42 Å². The van der Waals surface area contributed by atoms with Crippen LogP contribution in [0.3, 0.4) is 0 Å². The molecule has 0 aromatic rings. The van der Waals surface area contributed by atoms with Crippen molar-refractivity contribution in [1.29, 1.82) is 0 Å². The van der Waals surface area contributed by atoms with Crippen molar-refractivity contribution >= 4 is 0 Å². The van der Waals surface area contributed by atoms with Crippen molar-refractivity contribution in [2.75, 3.05) is 13.2 Å². The van der Waals surface area contributed by atoms with Gasteiger partial charge < -0.3 is 10.5 Å². The Balaban J connectivity index is 1.49. The summed E-state index contributed by atoms with van der Waals surface area (Å²) in [6.45, 7) is 1.94. The first-order valence-corrected chi connectivity index (χ1v) is 6.19. The maximum absolute atomic E-state index is 6.29. The van der Waals surface area contributed by atoms with Gasteiger partial charge in [0.25, 0.3) is 0 Å². The maximum Gasteiger partial charge on any atom is 0.0495 e. The summed E-state index contributed by atoms with van der Waals surface area (Å²) in [6, 6.07) is 0.483. The Bertz CT molecular complexity index is 202. The van der Waals surface area contributed by atoms with Crippen LogP contribution >= 0.6 is 0 Å². The van der Waals surface area contributed by atoms with Crippen molar-refractivity contribution in [3.05, 3.63) is 0 Å². The first kappa shape index (κ1) is 9.17. The molecule has 2 heteroatoms. The molecule has 3 rings (SSSR count). The van der Waals surface area contributed by atoms with Crippen LogP contribution in [0.4, 0.5) is 0 Å². The van der Waals surface area contributed by atoms with Crippen LogP contribution in [0.1, 0.15) is 32.1 Å². The molecule has 0 radical (unpaired) electrons. The fraction of sp³-hybridized carbons (Fsp3) is 1.00. The molecule has 3 fully saturated rings. The van der Waals surface area contributed by atoms with Gasteiger partial charge in [-0.2, -0.15) is 0 Å². The Kier molecular flexibility index (Phi) is 2.29. The molecule has 14 heavy (non-hydrogen) atoms. The summed E-state index contributed by atoms with van der Waals surface area (Å²) < 4.78 is 5.40. The summed E-state index contributed by atoms with van der Waals surface area (Å²) in [5.74, 6) is 3.70. The van der Waals surface area contributed by atoms with E-state index >= 15 is 0 Å². The van der Waals surface area contributed by atoms with Gasteiger partial charge in [0, 0.05) is 19.3 Å². The molecular formula is C12H21NO. The largest absolute Gasteiger partial charge is 0.381 e. The fourth-order valence-corrected chi connectivity index (χ4v) is 3.82. The number of rotatable bonds is 3. The Morgan fingerprint density at radius 1 is 1.21 bits per heavy atom. The number of ether oxygens (including phenoxy) is 1. The van der Waals surface area contributed by atoms with E-state index < -0.39 is 0 Å². The first-order valence-electron chi connectivity index (χ1n) is 6.19. The topological polar surface area (TPSA) is 35.2 Å². The zero-order valence-electron chi connectivity index (χ0n) is 8.82. The number of fused-ring (bicyclic) bond motifs is 1. The molecule has 80 valence electrons. The summed E-state index contributed by atoms with van der Waals surface area (Å²) in [5, 5.41) is 0. The van der Waals surface area contributed by atoms with Gasteiger partial charge in [-0.15, -0.1) is 0 Å². The van der Waals surface area contributed by atoms with Crippen LogP contribution in [-0.2, 0) is 4.74 Å². The molecule has 4 unspecified atom stereocenters. The Morgan fingerprint density at radius 3 is 2.64 bits per heavy atom. The molecule has 0 amide bonds. The fourth-order valence-electron chi connectivity index (χ4n) is 3.82. The molecule has 1 saturated heterocycles. The van der Waals surface area contributed by atoms with Gasteiger partial charge >= 0.3 is 0 Å². The van der Waals surface area contributed by atoms with Gasteiger partial charge in [0.1, 0.15) is 0 Å². The molecule has 0 aromatic heterocycles. The number of hydrogen-bond acceptors (Lipinski definition) is 2. The summed E-state index contributed by atoms with van der Waals surface area (Å²) in [6.07, 6.45) is 6.85. The molecule has 2 saturated carbocycles. The minimum atomic E-state index is 0.483. The van der Waals surface area contributed by atoms with E-state index in [0.717, 1.165) is 36.9 Å². The molecule has 3 aliphatic rings. The zero-order chi connectivity index (χ0) is 9.54. The van der Waals surface area contributed by atoms with Gasteiger partial charge in [-0.25, -0.2) is 0 Å². The third-order valence-corrected chi connectivity index (χ3v) is 4.60. The van der Waals surface area contributed by atoms with E-state index in [2.05, 4.69) is 0 Å². The summed E-state index contributed by atoms with van der Waals surface area (Å²) >= 11 is 0. The summed E-state index contributed by atoms with van der Waals surface area (Å²) in [7, 11) is 0. The third kappa shape index (κ3) is 1.49. The standard InChI is InChI=1S/C12H21NO/c13-11(6-8-4-5-14-7-8)12-9-2-1-3-10(9)12/h8-12H,1-7,13H2. The Labute approximate surface area is 86.2 Å². The van der Waals surface area contributed by atoms with Crippen LogP contribution in [0.5, 0.6) is 0 Å². The highest BCUT2D eigenvalue weighted by molar-refractivity contribution is 5.05. The van der Waals surface area contributed by atoms with Gasteiger partial charge in [-0.3, -0.25) is 0 Å². The highest BCUT2D eigenvalue weighted by atomic mass is 16.5. The van der Waals surface area contributed by atoms with Crippen molar-refractivity contribution in [2.24, 2.45) is 29.4 Å². The average molecular weight is 195 g/mol. The van der Waals surface area contributed by atoms with Crippen LogP contribution < -0.4 is 5.73 Å². The predicted octanol–water partition coefficient (Wildman–Crippen LogP) is 1.79. The minimum absolute atomic E-state index is 0.483. The lowest BCUT2D eigenvalue weighted by molar-refractivity contribution is 0.181. The maximum atomic E-state index is 6.29. The van der Waals surface area contributed by atoms with E-state index in [4.69, 9.17) is 10.5 Å². The first-order chi connectivity index (χ1) is 6.86. The van der Waals surface area contributed by atoms with Gasteiger partial charge in [0.15, 0.2) is 0 Å². The number of nitrogens with two attached hydrogens (primary N) is 1. The molecule has 2 aliphatic carbocycles. The highest BCUT2D eigenvalue weighted by Crippen LogP contribution is 2.59. The second kappa shape index (κ2) is 3.49. The minimum Gasteiger partial charge on any atom is -0.381 e. The molecular weight excluding hydrogens is 174 g/mol. The zero-order valence-corrected chi connectivity index (χ0v) is 8.82. The summed E-state index contributed by atoms with van der Waals surface area (Å²) in [5.41, 5.74) is 6.29. The highest BCUT2D eigenvalue weighted by Gasteiger charge is 2.54. The predicted molar refractivity (Wildman–Crippen MR) is 55.8 cm³/mol. The molecule has 1 aliphatic heterocycles. The SMILES string of the molecule is NC(CC1CCOC1)C1C2CCCC21. The third-order valence-electron chi connectivity index (χ3n) is 4.60. The monoisotopic (exact) mass is 195 g/mol. The van der Waals surface area contributed by atoms with Crippen LogP contribution in [0.25, 0.3) is 0 Å². The normalized spacial score (nSPS) is 47.8. The molecule has 4 atom stereocenters. The van der Waals surface area contributed by atoms with Gasteiger partial charge in [-0.05, 0) is 49.4 Å². The van der Waals surface area contributed by atoms with Crippen molar-refractivity contribution in [2.45, 2.75) is 38.1 Å². The van der Waals surface area contributed by atoms with Crippen molar-refractivity contribution in [1.82, 2.24) is 0 Å². The summed E-state index contributed by atoms with van der Waals surface area (Å²) in [4.78, 5) is 0. The van der Waals surface area contributed by atoms with Crippen LogP contribution in [0.15, 0.2) is 0 Å². The molecule has 0 bridgehead atoms. The quantitative estimate of drug-likeness (QED) is 0.745. The van der Waals surface area contributed by atoms with E-state index in [1.54, 1.807) is 0 Å². The van der Waals surface area contributed by atoms with Gasteiger partial charge in [0.2, 0.25) is 0 Å². The van der Waals surface area contributed by atoms with E-state index in [-0.39, 0.29) is 0 Å². The average Bonchev–Trinajstić information content (AvgIpc) is 2.63. The van der Waals surface area contributed by atoms with E-state index in [9.17, 15) is 0 Å². The Morgan fingerprint density at radius 2 is 2.00 bits per heavy atom. The van der Waals surface area contributed by atoms with Crippen molar-refractivity contribution in [3.63, 3.8) is 0 Å². The molecule has 2 N–H and O–H groups in total. The molecule has 0 spiro atoms.